The molecule has 175 valence electrons. The van der Waals surface area contributed by atoms with Gasteiger partial charge in [0, 0.05) is 32.8 Å². The third-order valence-electron chi connectivity index (χ3n) is 5.74. The van der Waals surface area contributed by atoms with Crippen molar-refractivity contribution in [2.45, 2.75) is 16.9 Å². The molecule has 0 aliphatic carbocycles. The summed E-state index contributed by atoms with van der Waals surface area (Å²) in [5.74, 6) is -0.543. The Bertz CT molecular complexity index is 1560. The maximum atomic E-state index is 12.7. The van der Waals surface area contributed by atoms with E-state index in [0.29, 0.717) is 22.5 Å². The summed E-state index contributed by atoms with van der Waals surface area (Å²) in [6.45, 7) is 0.386. The summed E-state index contributed by atoms with van der Waals surface area (Å²) >= 11 is 5.89. The van der Waals surface area contributed by atoms with E-state index in [0.717, 1.165) is 33.1 Å². The number of hydrogen-bond acceptors (Lipinski definition) is 2. The van der Waals surface area contributed by atoms with Crippen molar-refractivity contribution in [1.82, 2.24) is 4.57 Å². The van der Waals surface area contributed by atoms with Crippen LogP contribution in [0.4, 0.5) is 13.2 Å². The van der Waals surface area contributed by atoms with Gasteiger partial charge in [-0.05, 0) is 83.0 Å². The zero-order valence-corrected chi connectivity index (χ0v) is 19.6. The van der Waals surface area contributed by atoms with Crippen LogP contribution in [0.1, 0.15) is 15.9 Å². The topological polar surface area (TPSA) is 48.0 Å². The first-order valence-electron chi connectivity index (χ1n) is 10.6. The van der Waals surface area contributed by atoms with E-state index in [9.17, 15) is 18.0 Å². The third-order valence-corrected chi connectivity index (χ3v) is 6.73. The number of fused-ring (bicyclic) bond motifs is 3. The van der Waals surface area contributed by atoms with Crippen molar-refractivity contribution >= 4 is 51.1 Å². The molecule has 1 amide bonds. The summed E-state index contributed by atoms with van der Waals surface area (Å²) in [6.07, 6.45) is 0. The Labute approximate surface area is 208 Å². The van der Waals surface area contributed by atoms with Gasteiger partial charge in [0.15, 0.2) is 0 Å². The van der Waals surface area contributed by atoms with Gasteiger partial charge >= 0.3 is 5.51 Å². The van der Waals surface area contributed by atoms with Crippen molar-refractivity contribution in [2.24, 2.45) is 5.73 Å². The molecule has 0 unspecified atom stereocenters. The van der Waals surface area contributed by atoms with Crippen molar-refractivity contribution in [3.05, 3.63) is 101 Å². The Balaban J connectivity index is 1.66. The fourth-order valence-electron chi connectivity index (χ4n) is 4.22. The maximum Gasteiger partial charge on any atom is 0.446 e. The lowest BCUT2D eigenvalue weighted by Crippen LogP contribution is -2.11. The minimum Gasteiger partial charge on any atom is -0.366 e. The van der Waals surface area contributed by atoms with Gasteiger partial charge in [-0.2, -0.15) is 13.2 Å². The van der Waals surface area contributed by atoms with Gasteiger partial charge in [-0.3, -0.25) is 4.79 Å². The molecule has 0 saturated heterocycles. The van der Waals surface area contributed by atoms with E-state index >= 15 is 0 Å². The van der Waals surface area contributed by atoms with Crippen LogP contribution < -0.4 is 5.73 Å². The molecule has 0 aliphatic heterocycles. The second kappa shape index (κ2) is 8.98. The zero-order chi connectivity index (χ0) is 24.7. The largest absolute Gasteiger partial charge is 0.446 e. The predicted molar refractivity (Wildman–Crippen MR) is 135 cm³/mol. The Kier molecular flexibility index (Phi) is 5.99. The third kappa shape index (κ3) is 4.74. The smallest absolute Gasteiger partial charge is 0.366 e. The van der Waals surface area contributed by atoms with Gasteiger partial charge in [-0.1, -0.05) is 41.9 Å². The summed E-state index contributed by atoms with van der Waals surface area (Å²) < 4.78 is 40.2. The maximum absolute atomic E-state index is 12.7. The van der Waals surface area contributed by atoms with Gasteiger partial charge in [-0.25, -0.2) is 0 Å². The number of primary amides is 1. The van der Waals surface area contributed by atoms with E-state index in [2.05, 4.69) is 6.07 Å². The van der Waals surface area contributed by atoms with E-state index < -0.39 is 11.4 Å². The molecule has 0 atom stereocenters. The number of hydrogen-bond donors (Lipinski definition) is 1. The molecule has 35 heavy (non-hydrogen) atoms. The highest BCUT2D eigenvalue weighted by molar-refractivity contribution is 8.00. The van der Waals surface area contributed by atoms with Gasteiger partial charge in [0.1, 0.15) is 0 Å². The Morgan fingerprint density at radius 1 is 0.971 bits per heavy atom. The molecule has 3 nitrogen and oxygen atoms in total. The lowest BCUT2D eigenvalue weighted by molar-refractivity contribution is -0.0328. The number of halogens is 4. The molecule has 2 N–H and O–H groups in total. The average molecular weight is 510 g/mol. The number of nitrogens with zero attached hydrogens (tertiary/aromatic N) is 1. The van der Waals surface area contributed by atoms with Crippen molar-refractivity contribution in [3.63, 3.8) is 0 Å². The van der Waals surface area contributed by atoms with Crippen LogP contribution in [0.25, 0.3) is 32.9 Å². The summed E-state index contributed by atoms with van der Waals surface area (Å²) in [5.41, 5.74) is 6.01. The van der Waals surface area contributed by atoms with Crippen molar-refractivity contribution in [2.75, 3.05) is 0 Å². The molecular formula is C27H17ClF3N2OS. The number of benzene rings is 4. The number of rotatable bonds is 5. The summed E-state index contributed by atoms with van der Waals surface area (Å²) in [5, 5.41) is 2.07. The van der Waals surface area contributed by atoms with E-state index in [-0.39, 0.29) is 16.7 Å². The van der Waals surface area contributed by atoms with Crippen LogP contribution in [-0.2, 0) is 6.54 Å². The normalized spacial score (nSPS) is 11.9. The second-order valence-electron chi connectivity index (χ2n) is 8.00. The summed E-state index contributed by atoms with van der Waals surface area (Å²) in [7, 11) is 0. The fourth-order valence-corrected chi connectivity index (χ4v) is 4.88. The summed E-state index contributed by atoms with van der Waals surface area (Å²) in [4.78, 5) is 12.3. The zero-order valence-electron chi connectivity index (χ0n) is 18.1. The lowest BCUT2D eigenvalue weighted by Gasteiger charge is -2.11. The quantitative estimate of drug-likeness (QED) is 0.247. The SMILES string of the molecule is NC(=O)c1cccc2c1c1[c]cc(-c3ccc(Cl)cc3)cc1n2Cc1ccc(SC(F)(F)F)cc1. The van der Waals surface area contributed by atoms with Crippen molar-refractivity contribution in [3.8, 4) is 11.1 Å². The standard InChI is InChI=1S/C27H17ClF3N2OS/c28-19-9-6-17(7-10-19)18-8-13-21-24(14-18)33(23-3-1-2-22(25(21)23)26(32)34)15-16-4-11-20(12-5-16)35-27(29,30)31/h1-12,14H,15H2,(H2,32,34). The van der Waals surface area contributed by atoms with Crippen LogP contribution in [0.3, 0.4) is 0 Å². The van der Waals surface area contributed by atoms with E-state index in [1.807, 2.05) is 47.0 Å². The number of alkyl halides is 3. The minimum absolute atomic E-state index is 0.123. The monoisotopic (exact) mass is 509 g/mol. The first-order chi connectivity index (χ1) is 16.7. The van der Waals surface area contributed by atoms with Gasteiger partial charge in [0.25, 0.3) is 0 Å². The number of amides is 1. The van der Waals surface area contributed by atoms with Crippen LogP contribution in [0, 0.1) is 6.07 Å². The molecule has 0 spiro atoms. The molecule has 0 bridgehead atoms. The molecule has 0 saturated carbocycles. The van der Waals surface area contributed by atoms with Crippen molar-refractivity contribution < 1.29 is 18.0 Å². The Morgan fingerprint density at radius 3 is 2.34 bits per heavy atom. The van der Waals surface area contributed by atoms with E-state index in [1.54, 1.807) is 24.3 Å². The number of aromatic nitrogens is 1. The van der Waals surface area contributed by atoms with E-state index in [1.165, 1.54) is 12.1 Å². The van der Waals surface area contributed by atoms with Crippen LogP contribution >= 0.6 is 23.4 Å². The molecule has 1 aromatic heterocycles. The highest BCUT2D eigenvalue weighted by Crippen LogP contribution is 2.38. The first-order valence-corrected chi connectivity index (χ1v) is 11.8. The lowest BCUT2D eigenvalue weighted by atomic mass is 10.0. The van der Waals surface area contributed by atoms with Gasteiger partial charge < -0.3 is 10.3 Å². The van der Waals surface area contributed by atoms with Gasteiger partial charge in [0.05, 0.1) is 11.0 Å². The molecule has 5 rings (SSSR count). The summed E-state index contributed by atoms with van der Waals surface area (Å²) in [6, 6.07) is 26.2. The molecule has 1 heterocycles. The predicted octanol–water partition coefficient (Wildman–Crippen LogP) is 7.67. The fraction of sp³-hybridized carbons (Fsp3) is 0.0741. The number of carbonyl (C=O) groups is 1. The second-order valence-corrected chi connectivity index (χ2v) is 9.57. The Morgan fingerprint density at radius 2 is 1.69 bits per heavy atom. The van der Waals surface area contributed by atoms with Gasteiger partial charge in [-0.15, -0.1) is 0 Å². The number of thioether (sulfide) groups is 1. The molecule has 8 heteroatoms. The molecular weight excluding hydrogens is 493 g/mol. The number of carbonyl (C=O) groups excluding carboxylic acids is 1. The van der Waals surface area contributed by atoms with Crippen LogP contribution in [-0.4, -0.2) is 16.0 Å². The Hall–Kier alpha value is -3.42. The molecule has 0 fully saturated rings. The van der Waals surface area contributed by atoms with Gasteiger partial charge in [0.2, 0.25) is 5.91 Å². The van der Waals surface area contributed by atoms with Crippen LogP contribution in [0.15, 0.2) is 83.8 Å². The van der Waals surface area contributed by atoms with Crippen LogP contribution in [0.2, 0.25) is 5.02 Å². The minimum atomic E-state index is -4.34. The highest BCUT2D eigenvalue weighted by atomic mass is 35.5. The first kappa shape index (κ1) is 23.3. The molecule has 5 aromatic rings. The number of nitrogens with two attached hydrogens (primary N) is 1. The molecule has 1 radical (unpaired) electrons. The molecule has 0 aliphatic rings. The highest BCUT2D eigenvalue weighted by Gasteiger charge is 2.29. The van der Waals surface area contributed by atoms with Crippen molar-refractivity contribution in [1.29, 1.82) is 0 Å². The van der Waals surface area contributed by atoms with Crippen LogP contribution in [0.5, 0.6) is 0 Å². The average Bonchev–Trinajstić information content (AvgIpc) is 3.13. The molecule has 4 aromatic carbocycles. The van der Waals surface area contributed by atoms with E-state index in [4.69, 9.17) is 17.3 Å².